The summed E-state index contributed by atoms with van der Waals surface area (Å²) >= 11 is 0. The molecule has 0 aliphatic carbocycles. The molecule has 1 aromatic carbocycles. The van der Waals surface area contributed by atoms with Gasteiger partial charge in [0.05, 0.1) is 0 Å². The van der Waals surface area contributed by atoms with E-state index in [-0.39, 0.29) is 5.91 Å². The van der Waals surface area contributed by atoms with Crippen LogP contribution in [-0.2, 0) is 4.79 Å². The fourth-order valence-electron chi connectivity index (χ4n) is 1.40. The fourth-order valence-corrected chi connectivity index (χ4v) is 1.40. The molecule has 0 unspecified atom stereocenters. The zero-order chi connectivity index (χ0) is 13.0. The Morgan fingerprint density at radius 1 is 1.06 bits per heavy atom. The minimum atomic E-state index is -0.0971. The van der Waals surface area contributed by atoms with Gasteiger partial charge in [0.15, 0.2) is 5.82 Å². The second-order valence-electron chi connectivity index (χ2n) is 3.73. The van der Waals surface area contributed by atoms with Crippen molar-refractivity contribution < 1.29 is 4.79 Å². The Labute approximate surface area is 104 Å². The van der Waals surface area contributed by atoms with E-state index in [4.69, 9.17) is 5.73 Å². The van der Waals surface area contributed by atoms with Crippen molar-refractivity contribution in [2.24, 2.45) is 0 Å². The van der Waals surface area contributed by atoms with E-state index in [1.165, 1.54) is 6.92 Å². The number of hydrogen-bond donors (Lipinski definition) is 3. The zero-order valence-corrected chi connectivity index (χ0v) is 9.84. The lowest BCUT2D eigenvalue weighted by Crippen LogP contribution is -2.05. The van der Waals surface area contributed by atoms with Gasteiger partial charge in [-0.15, -0.1) is 10.2 Å². The third kappa shape index (κ3) is 3.18. The molecule has 2 aromatic rings. The fraction of sp³-hybridized carbons (Fsp3) is 0.0833. The first-order valence-corrected chi connectivity index (χ1v) is 5.37. The number of nitrogens with one attached hydrogen (secondary N) is 2. The second kappa shape index (κ2) is 5.13. The first-order valence-electron chi connectivity index (χ1n) is 5.37. The Kier molecular flexibility index (Phi) is 3.38. The lowest BCUT2D eigenvalue weighted by atomic mass is 10.2. The number of rotatable bonds is 3. The van der Waals surface area contributed by atoms with Crippen molar-refractivity contribution in [1.29, 1.82) is 0 Å². The molecule has 0 spiro atoms. The zero-order valence-electron chi connectivity index (χ0n) is 9.84. The summed E-state index contributed by atoms with van der Waals surface area (Å²) in [4.78, 5) is 10.9. The lowest BCUT2D eigenvalue weighted by molar-refractivity contribution is -0.114. The Balaban J connectivity index is 2.06. The minimum Gasteiger partial charge on any atom is -0.382 e. The van der Waals surface area contributed by atoms with Gasteiger partial charge in [0.2, 0.25) is 5.91 Å². The van der Waals surface area contributed by atoms with Crippen LogP contribution in [0.3, 0.4) is 0 Å². The summed E-state index contributed by atoms with van der Waals surface area (Å²) in [6, 6.07) is 10.7. The van der Waals surface area contributed by atoms with Crippen molar-refractivity contribution in [3.8, 4) is 0 Å². The van der Waals surface area contributed by atoms with E-state index < -0.39 is 0 Å². The number of benzene rings is 1. The number of nitrogen functional groups attached to an aromatic ring is 1. The van der Waals surface area contributed by atoms with Gasteiger partial charge in [-0.1, -0.05) is 0 Å². The van der Waals surface area contributed by atoms with Crippen molar-refractivity contribution in [3.05, 3.63) is 36.4 Å². The van der Waals surface area contributed by atoms with Crippen LogP contribution < -0.4 is 16.4 Å². The molecule has 4 N–H and O–H groups in total. The van der Waals surface area contributed by atoms with Crippen LogP contribution in [0.15, 0.2) is 36.4 Å². The summed E-state index contributed by atoms with van der Waals surface area (Å²) in [5.74, 6) is 0.887. The molecule has 0 aliphatic heterocycles. The van der Waals surface area contributed by atoms with Crippen molar-refractivity contribution in [2.75, 3.05) is 16.4 Å². The van der Waals surface area contributed by atoms with Crippen molar-refractivity contribution in [1.82, 2.24) is 10.2 Å². The molecule has 0 bridgehead atoms. The topological polar surface area (TPSA) is 92.9 Å². The SMILES string of the molecule is CC(=O)Nc1ccc(Nc2ccc(N)nn2)cc1. The highest BCUT2D eigenvalue weighted by atomic mass is 16.1. The maximum atomic E-state index is 10.9. The third-order valence-electron chi connectivity index (χ3n) is 2.16. The molecule has 1 amide bonds. The van der Waals surface area contributed by atoms with Crippen LogP contribution in [-0.4, -0.2) is 16.1 Å². The molecule has 0 saturated carbocycles. The smallest absolute Gasteiger partial charge is 0.221 e. The highest BCUT2D eigenvalue weighted by molar-refractivity contribution is 5.88. The lowest BCUT2D eigenvalue weighted by Gasteiger charge is -2.06. The number of anilines is 4. The van der Waals surface area contributed by atoms with E-state index in [1.54, 1.807) is 24.3 Å². The van der Waals surface area contributed by atoms with Crippen LogP contribution in [0.4, 0.5) is 23.0 Å². The van der Waals surface area contributed by atoms with Gasteiger partial charge < -0.3 is 16.4 Å². The van der Waals surface area contributed by atoms with Crippen LogP contribution in [0, 0.1) is 0 Å². The summed E-state index contributed by atoms with van der Waals surface area (Å²) < 4.78 is 0. The van der Waals surface area contributed by atoms with Gasteiger partial charge in [-0.25, -0.2) is 0 Å². The molecule has 18 heavy (non-hydrogen) atoms. The summed E-state index contributed by atoms with van der Waals surface area (Å²) in [5, 5.41) is 13.4. The van der Waals surface area contributed by atoms with Gasteiger partial charge in [0.25, 0.3) is 0 Å². The summed E-state index contributed by atoms with van der Waals surface area (Å²) in [7, 11) is 0. The van der Waals surface area contributed by atoms with Crippen molar-refractivity contribution in [3.63, 3.8) is 0 Å². The minimum absolute atomic E-state index is 0.0971. The number of nitrogens with two attached hydrogens (primary N) is 1. The molecule has 6 heteroatoms. The Bertz CT molecular complexity index is 535. The average molecular weight is 243 g/mol. The quantitative estimate of drug-likeness (QED) is 0.763. The van der Waals surface area contributed by atoms with Crippen LogP contribution in [0.5, 0.6) is 0 Å². The van der Waals surface area contributed by atoms with Gasteiger partial charge >= 0.3 is 0 Å². The number of hydrogen-bond acceptors (Lipinski definition) is 5. The average Bonchev–Trinajstić information content (AvgIpc) is 2.34. The predicted molar refractivity (Wildman–Crippen MR) is 70.5 cm³/mol. The Morgan fingerprint density at radius 3 is 2.28 bits per heavy atom. The molecule has 0 saturated heterocycles. The molecule has 0 atom stereocenters. The predicted octanol–water partition coefficient (Wildman–Crippen LogP) is 1.76. The van der Waals surface area contributed by atoms with E-state index in [0.29, 0.717) is 11.6 Å². The largest absolute Gasteiger partial charge is 0.382 e. The maximum absolute atomic E-state index is 10.9. The molecular weight excluding hydrogens is 230 g/mol. The Hall–Kier alpha value is -2.63. The number of nitrogens with zero attached hydrogens (tertiary/aromatic N) is 2. The number of carbonyl (C=O) groups is 1. The van der Waals surface area contributed by atoms with E-state index in [0.717, 1.165) is 11.4 Å². The van der Waals surface area contributed by atoms with E-state index in [1.807, 2.05) is 12.1 Å². The molecular formula is C12H13N5O. The van der Waals surface area contributed by atoms with Crippen LogP contribution >= 0.6 is 0 Å². The van der Waals surface area contributed by atoms with E-state index in [2.05, 4.69) is 20.8 Å². The first-order chi connectivity index (χ1) is 8.63. The van der Waals surface area contributed by atoms with Crippen LogP contribution in [0.1, 0.15) is 6.92 Å². The second-order valence-corrected chi connectivity index (χ2v) is 3.73. The first kappa shape index (κ1) is 11.8. The van der Waals surface area contributed by atoms with Gasteiger partial charge in [-0.3, -0.25) is 4.79 Å². The summed E-state index contributed by atoms with van der Waals surface area (Å²) in [6.07, 6.45) is 0. The number of aromatic nitrogens is 2. The van der Waals surface area contributed by atoms with E-state index >= 15 is 0 Å². The van der Waals surface area contributed by atoms with Crippen molar-refractivity contribution >= 4 is 28.9 Å². The molecule has 1 aromatic heterocycles. The van der Waals surface area contributed by atoms with Crippen LogP contribution in [0.2, 0.25) is 0 Å². The molecule has 0 fully saturated rings. The standard InChI is InChI=1S/C12H13N5O/c1-8(18)14-9-2-4-10(5-3-9)15-12-7-6-11(13)16-17-12/h2-7H,1H3,(H2,13,16)(H,14,18)(H,15,17). The summed E-state index contributed by atoms with van der Waals surface area (Å²) in [5.41, 5.74) is 7.04. The molecule has 0 aliphatic rings. The highest BCUT2D eigenvalue weighted by Gasteiger charge is 1.98. The highest BCUT2D eigenvalue weighted by Crippen LogP contribution is 2.17. The third-order valence-corrected chi connectivity index (χ3v) is 2.16. The Morgan fingerprint density at radius 2 is 1.72 bits per heavy atom. The number of amides is 1. The molecule has 6 nitrogen and oxygen atoms in total. The summed E-state index contributed by atoms with van der Waals surface area (Å²) in [6.45, 7) is 1.47. The maximum Gasteiger partial charge on any atom is 0.221 e. The van der Waals surface area contributed by atoms with Gasteiger partial charge in [-0.2, -0.15) is 0 Å². The van der Waals surface area contributed by atoms with Gasteiger partial charge in [0, 0.05) is 18.3 Å². The molecule has 92 valence electrons. The molecule has 1 heterocycles. The molecule has 2 rings (SSSR count). The number of carbonyl (C=O) groups excluding carboxylic acids is 1. The van der Waals surface area contributed by atoms with E-state index in [9.17, 15) is 4.79 Å². The molecule has 0 radical (unpaired) electrons. The normalized spacial score (nSPS) is 9.83. The van der Waals surface area contributed by atoms with Gasteiger partial charge in [-0.05, 0) is 36.4 Å². The monoisotopic (exact) mass is 243 g/mol. The van der Waals surface area contributed by atoms with Crippen molar-refractivity contribution in [2.45, 2.75) is 6.92 Å². The van der Waals surface area contributed by atoms with Gasteiger partial charge in [0.1, 0.15) is 5.82 Å². The van der Waals surface area contributed by atoms with Crippen LogP contribution in [0.25, 0.3) is 0 Å².